The van der Waals surface area contributed by atoms with Gasteiger partial charge in [-0.05, 0) is 49.7 Å². The van der Waals surface area contributed by atoms with E-state index in [4.69, 9.17) is 23.2 Å². The van der Waals surface area contributed by atoms with Gasteiger partial charge in [0.15, 0.2) is 0 Å². The van der Waals surface area contributed by atoms with Crippen LogP contribution in [0.3, 0.4) is 0 Å². The third kappa shape index (κ3) is 4.85. The van der Waals surface area contributed by atoms with Gasteiger partial charge >= 0.3 is 0 Å². The Labute approximate surface area is 145 Å². The van der Waals surface area contributed by atoms with E-state index in [0.29, 0.717) is 27.1 Å². The molecule has 0 saturated carbocycles. The van der Waals surface area contributed by atoms with E-state index in [2.05, 4.69) is 10.3 Å². The Morgan fingerprint density at radius 2 is 1.91 bits per heavy atom. The standard InChI is InChI=1S/C17H18Cl2FN3/c1-4-23(3)10-21-16-8-15(19)17(9-14(16)18)22-13-6-11(2)5-12(20)7-13/h5-10,22H,4H2,1-3H3. The second-order valence-electron chi connectivity index (χ2n) is 5.24. The van der Waals surface area contributed by atoms with Crippen LogP contribution >= 0.6 is 23.2 Å². The zero-order chi connectivity index (χ0) is 17.0. The zero-order valence-electron chi connectivity index (χ0n) is 13.2. The molecule has 3 nitrogen and oxygen atoms in total. The van der Waals surface area contributed by atoms with Gasteiger partial charge in [-0.15, -0.1) is 0 Å². The maximum absolute atomic E-state index is 13.5. The number of nitrogens with one attached hydrogen (secondary N) is 1. The molecule has 0 heterocycles. The van der Waals surface area contributed by atoms with Crippen molar-refractivity contribution in [3.63, 3.8) is 0 Å². The summed E-state index contributed by atoms with van der Waals surface area (Å²) >= 11 is 12.5. The summed E-state index contributed by atoms with van der Waals surface area (Å²) in [7, 11) is 1.92. The fourth-order valence-electron chi connectivity index (χ4n) is 1.94. The van der Waals surface area contributed by atoms with Gasteiger partial charge in [-0.1, -0.05) is 23.2 Å². The fourth-order valence-corrected chi connectivity index (χ4v) is 2.36. The van der Waals surface area contributed by atoms with E-state index >= 15 is 0 Å². The highest BCUT2D eigenvalue weighted by Crippen LogP contribution is 2.36. The number of benzene rings is 2. The van der Waals surface area contributed by atoms with Crippen LogP contribution in [0.15, 0.2) is 35.3 Å². The number of hydrogen-bond donors (Lipinski definition) is 1. The first-order valence-electron chi connectivity index (χ1n) is 7.16. The summed E-state index contributed by atoms with van der Waals surface area (Å²) < 4.78 is 13.5. The molecule has 0 spiro atoms. The molecule has 0 radical (unpaired) electrons. The van der Waals surface area contributed by atoms with Gasteiger partial charge in [-0.25, -0.2) is 9.38 Å². The molecule has 6 heteroatoms. The smallest absolute Gasteiger partial charge is 0.125 e. The van der Waals surface area contributed by atoms with Crippen molar-refractivity contribution < 1.29 is 4.39 Å². The summed E-state index contributed by atoms with van der Waals surface area (Å²) in [6, 6.07) is 8.05. The molecule has 23 heavy (non-hydrogen) atoms. The molecule has 2 aromatic carbocycles. The molecule has 0 atom stereocenters. The highest BCUT2D eigenvalue weighted by Gasteiger charge is 2.08. The summed E-state index contributed by atoms with van der Waals surface area (Å²) in [6.45, 7) is 4.69. The number of rotatable bonds is 5. The number of aryl methyl sites for hydroxylation is 1. The van der Waals surface area contributed by atoms with E-state index in [1.54, 1.807) is 18.5 Å². The van der Waals surface area contributed by atoms with Crippen molar-refractivity contribution in [2.24, 2.45) is 4.99 Å². The third-order valence-electron chi connectivity index (χ3n) is 3.25. The van der Waals surface area contributed by atoms with E-state index in [-0.39, 0.29) is 5.82 Å². The molecule has 2 rings (SSSR count). The monoisotopic (exact) mass is 353 g/mol. The van der Waals surface area contributed by atoms with E-state index in [1.165, 1.54) is 12.1 Å². The fraction of sp³-hybridized carbons (Fsp3) is 0.235. The van der Waals surface area contributed by atoms with Crippen LogP contribution in [0.4, 0.5) is 21.5 Å². The second kappa shape index (κ2) is 7.66. The Kier molecular flexibility index (Phi) is 5.85. The summed E-state index contributed by atoms with van der Waals surface area (Å²) in [5.41, 5.74) is 2.61. The minimum absolute atomic E-state index is 0.307. The molecule has 0 bridgehead atoms. The van der Waals surface area contributed by atoms with Gasteiger partial charge in [0.2, 0.25) is 0 Å². The first-order chi connectivity index (χ1) is 10.9. The van der Waals surface area contributed by atoms with Crippen LogP contribution in [0.5, 0.6) is 0 Å². The average molecular weight is 354 g/mol. The highest BCUT2D eigenvalue weighted by molar-refractivity contribution is 6.37. The van der Waals surface area contributed by atoms with Gasteiger partial charge in [0.25, 0.3) is 0 Å². The van der Waals surface area contributed by atoms with Gasteiger partial charge in [0.05, 0.1) is 27.8 Å². The van der Waals surface area contributed by atoms with Crippen LogP contribution in [0, 0.1) is 12.7 Å². The van der Waals surface area contributed by atoms with E-state index in [9.17, 15) is 4.39 Å². The summed E-state index contributed by atoms with van der Waals surface area (Å²) in [5.74, 6) is -0.307. The Morgan fingerprint density at radius 3 is 2.57 bits per heavy atom. The Hall–Kier alpha value is -1.78. The van der Waals surface area contributed by atoms with Crippen LogP contribution < -0.4 is 5.32 Å². The number of hydrogen-bond acceptors (Lipinski definition) is 2. The van der Waals surface area contributed by atoms with Crippen molar-refractivity contribution in [1.82, 2.24) is 4.90 Å². The molecular formula is C17H18Cl2FN3. The third-order valence-corrected chi connectivity index (χ3v) is 3.87. The first-order valence-corrected chi connectivity index (χ1v) is 7.92. The number of aliphatic imine (C=N–C) groups is 1. The van der Waals surface area contributed by atoms with Gasteiger partial charge in [-0.2, -0.15) is 0 Å². The molecule has 122 valence electrons. The lowest BCUT2D eigenvalue weighted by atomic mass is 10.2. The first kappa shape index (κ1) is 17.6. The number of nitrogens with zero attached hydrogens (tertiary/aromatic N) is 2. The molecule has 0 unspecified atom stereocenters. The molecular weight excluding hydrogens is 336 g/mol. The summed E-state index contributed by atoms with van der Waals surface area (Å²) in [4.78, 5) is 6.23. The molecule has 0 aliphatic carbocycles. The van der Waals surface area contributed by atoms with Crippen molar-refractivity contribution in [2.75, 3.05) is 18.9 Å². The molecule has 0 fully saturated rings. The molecule has 1 N–H and O–H groups in total. The maximum Gasteiger partial charge on any atom is 0.125 e. The zero-order valence-corrected chi connectivity index (χ0v) is 14.7. The van der Waals surface area contributed by atoms with E-state index < -0.39 is 0 Å². The highest BCUT2D eigenvalue weighted by atomic mass is 35.5. The van der Waals surface area contributed by atoms with Crippen molar-refractivity contribution >= 4 is 46.6 Å². The van der Waals surface area contributed by atoms with Gasteiger partial charge in [-0.3, -0.25) is 0 Å². The lowest BCUT2D eigenvalue weighted by Gasteiger charge is -2.12. The Morgan fingerprint density at radius 1 is 1.17 bits per heavy atom. The molecule has 2 aromatic rings. The lowest BCUT2D eigenvalue weighted by Crippen LogP contribution is -2.14. The van der Waals surface area contributed by atoms with Gasteiger partial charge in [0, 0.05) is 19.3 Å². The van der Waals surface area contributed by atoms with Crippen LogP contribution in [0.2, 0.25) is 10.0 Å². The van der Waals surface area contributed by atoms with Crippen LogP contribution in [-0.2, 0) is 0 Å². The van der Waals surface area contributed by atoms with Crippen molar-refractivity contribution in [3.8, 4) is 0 Å². The minimum Gasteiger partial charge on any atom is -0.366 e. The maximum atomic E-state index is 13.5. The molecule has 0 aliphatic heterocycles. The van der Waals surface area contributed by atoms with Crippen LogP contribution in [0.25, 0.3) is 0 Å². The Bertz CT molecular complexity index is 712. The summed E-state index contributed by atoms with van der Waals surface area (Å²) in [5, 5.41) is 4.00. The van der Waals surface area contributed by atoms with Crippen LogP contribution in [-0.4, -0.2) is 24.8 Å². The number of anilines is 2. The van der Waals surface area contributed by atoms with E-state index in [1.807, 2.05) is 31.9 Å². The SMILES string of the molecule is CCN(C)C=Nc1cc(Cl)c(Nc2cc(C)cc(F)c2)cc1Cl. The predicted octanol–water partition coefficient (Wildman–Crippen LogP) is 5.80. The quantitative estimate of drug-likeness (QED) is 0.543. The molecule has 0 aliphatic rings. The van der Waals surface area contributed by atoms with E-state index in [0.717, 1.165) is 12.1 Å². The molecule has 0 aromatic heterocycles. The summed E-state index contributed by atoms with van der Waals surface area (Å²) in [6.07, 6.45) is 1.70. The topological polar surface area (TPSA) is 27.6 Å². The van der Waals surface area contributed by atoms with Gasteiger partial charge < -0.3 is 10.2 Å². The number of halogens is 3. The van der Waals surface area contributed by atoms with Crippen molar-refractivity contribution in [1.29, 1.82) is 0 Å². The van der Waals surface area contributed by atoms with Crippen molar-refractivity contribution in [3.05, 3.63) is 51.8 Å². The molecule has 0 saturated heterocycles. The average Bonchev–Trinajstić information content (AvgIpc) is 2.47. The predicted molar refractivity (Wildman–Crippen MR) is 97.3 cm³/mol. The lowest BCUT2D eigenvalue weighted by molar-refractivity contribution is 0.552. The normalized spacial score (nSPS) is 11.0. The largest absolute Gasteiger partial charge is 0.366 e. The molecule has 0 amide bonds. The Balaban J connectivity index is 2.27. The van der Waals surface area contributed by atoms with Crippen LogP contribution in [0.1, 0.15) is 12.5 Å². The van der Waals surface area contributed by atoms with Gasteiger partial charge in [0.1, 0.15) is 5.82 Å². The minimum atomic E-state index is -0.307. The second-order valence-corrected chi connectivity index (χ2v) is 6.06. The van der Waals surface area contributed by atoms with Crippen molar-refractivity contribution in [2.45, 2.75) is 13.8 Å².